The van der Waals surface area contributed by atoms with Gasteiger partial charge in [-0.25, -0.2) is 9.97 Å². The van der Waals surface area contributed by atoms with Gasteiger partial charge in [-0.15, -0.1) is 0 Å². The van der Waals surface area contributed by atoms with Gasteiger partial charge in [-0.1, -0.05) is 41.4 Å². The standard InChI is InChI=1S/C20H17Cl2N7O6/c21-12-6-7-15(14(22)8-12)35-10-17(31)26-28-20-18(29(32)33)19(23-11-24-20)27-25-16(30)9-34-13-4-2-1-3-5-13/h1-8,11H,9-10H2,(H,25,30)(H,26,31)(H2,23,24,27,28). The van der Waals surface area contributed by atoms with Crippen molar-refractivity contribution in [2.45, 2.75) is 0 Å². The summed E-state index contributed by atoms with van der Waals surface area (Å²) in [5.74, 6) is -1.30. The van der Waals surface area contributed by atoms with Crippen molar-refractivity contribution in [3.8, 4) is 11.5 Å². The third-order valence-corrected chi connectivity index (χ3v) is 4.54. The molecule has 0 radical (unpaired) electrons. The van der Waals surface area contributed by atoms with Gasteiger partial charge in [-0.2, -0.15) is 0 Å². The number of nitrogens with one attached hydrogen (secondary N) is 4. The number of aromatic nitrogens is 2. The van der Waals surface area contributed by atoms with Gasteiger partial charge in [0.15, 0.2) is 13.2 Å². The molecule has 0 aliphatic rings. The Morgan fingerprint density at radius 3 is 2.09 bits per heavy atom. The van der Waals surface area contributed by atoms with E-state index in [0.717, 1.165) is 6.33 Å². The molecule has 0 aliphatic heterocycles. The molecule has 13 nitrogen and oxygen atoms in total. The van der Waals surface area contributed by atoms with Crippen LogP contribution in [0.1, 0.15) is 0 Å². The summed E-state index contributed by atoms with van der Waals surface area (Å²) in [4.78, 5) is 42.3. The average Bonchev–Trinajstić information content (AvgIpc) is 2.84. The number of para-hydroxylation sites is 1. The molecular formula is C20H17Cl2N7O6. The topological polar surface area (TPSA) is 170 Å². The Balaban J connectivity index is 1.55. The Hall–Kier alpha value is -4.36. The number of carbonyl (C=O) groups excluding carboxylic acids is 2. The predicted octanol–water partition coefficient (Wildman–Crippen LogP) is 2.74. The highest BCUT2D eigenvalue weighted by Gasteiger charge is 2.24. The highest BCUT2D eigenvalue weighted by Crippen LogP contribution is 2.28. The van der Waals surface area contributed by atoms with E-state index < -0.39 is 29.0 Å². The van der Waals surface area contributed by atoms with Gasteiger partial charge in [0, 0.05) is 5.02 Å². The molecule has 0 atom stereocenters. The third-order valence-electron chi connectivity index (χ3n) is 4.01. The first-order valence-electron chi connectivity index (χ1n) is 9.68. The van der Waals surface area contributed by atoms with E-state index in [0.29, 0.717) is 10.8 Å². The molecule has 2 amide bonds. The second-order valence-electron chi connectivity index (χ2n) is 6.49. The van der Waals surface area contributed by atoms with Gasteiger partial charge < -0.3 is 9.47 Å². The molecule has 15 heteroatoms. The number of hydrazine groups is 2. The minimum atomic E-state index is -0.798. The zero-order valence-electron chi connectivity index (χ0n) is 17.7. The highest BCUT2D eigenvalue weighted by atomic mass is 35.5. The van der Waals surface area contributed by atoms with Crippen LogP contribution in [0.3, 0.4) is 0 Å². The van der Waals surface area contributed by atoms with E-state index in [1.165, 1.54) is 18.2 Å². The van der Waals surface area contributed by atoms with E-state index in [4.69, 9.17) is 32.7 Å². The third kappa shape index (κ3) is 7.58. The number of rotatable bonds is 11. The molecule has 0 spiro atoms. The SMILES string of the molecule is O=C(COc1ccccc1)NNc1ncnc(NNC(=O)COc2ccc(Cl)cc2Cl)c1[N+](=O)[O-]. The molecule has 0 bridgehead atoms. The summed E-state index contributed by atoms with van der Waals surface area (Å²) in [6.45, 7) is -0.815. The Kier molecular flexibility index (Phi) is 8.81. The molecule has 0 saturated heterocycles. The molecule has 3 rings (SSSR count). The zero-order valence-corrected chi connectivity index (χ0v) is 19.2. The van der Waals surface area contributed by atoms with Gasteiger partial charge in [0.25, 0.3) is 11.8 Å². The van der Waals surface area contributed by atoms with E-state index in [2.05, 4.69) is 31.7 Å². The van der Waals surface area contributed by atoms with Crippen LogP contribution in [-0.4, -0.2) is 39.9 Å². The zero-order chi connectivity index (χ0) is 25.2. The van der Waals surface area contributed by atoms with E-state index in [1.54, 1.807) is 30.3 Å². The van der Waals surface area contributed by atoms with Crippen LogP contribution in [0.25, 0.3) is 0 Å². The summed E-state index contributed by atoms with van der Waals surface area (Å²) >= 11 is 11.8. The van der Waals surface area contributed by atoms with Crippen LogP contribution in [0.4, 0.5) is 17.3 Å². The van der Waals surface area contributed by atoms with Crippen LogP contribution in [0.15, 0.2) is 54.9 Å². The lowest BCUT2D eigenvalue weighted by Gasteiger charge is -2.12. The minimum absolute atomic E-state index is 0.205. The van der Waals surface area contributed by atoms with Crippen molar-refractivity contribution in [3.05, 3.63) is 75.0 Å². The Morgan fingerprint density at radius 1 is 0.914 bits per heavy atom. The van der Waals surface area contributed by atoms with Crippen LogP contribution >= 0.6 is 23.2 Å². The first-order chi connectivity index (χ1) is 16.8. The fourth-order valence-corrected chi connectivity index (χ4v) is 2.93. The molecule has 182 valence electrons. The van der Waals surface area contributed by atoms with Crippen molar-refractivity contribution in [2.75, 3.05) is 24.1 Å². The molecule has 0 aliphatic carbocycles. The van der Waals surface area contributed by atoms with E-state index in [1.807, 2.05) is 0 Å². The van der Waals surface area contributed by atoms with E-state index in [-0.39, 0.29) is 29.0 Å². The second-order valence-corrected chi connectivity index (χ2v) is 7.33. The lowest BCUT2D eigenvalue weighted by atomic mass is 10.3. The van der Waals surface area contributed by atoms with Gasteiger partial charge in [0.2, 0.25) is 11.6 Å². The Labute approximate surface area is 207 Å². The number of nitro groups is 1. The number of amides is 2. The number of carbonyl (C=O) groups is 2. The van der Waals surface area contributed by atoms with Crippen molar-refractivity contribution >= 4 is 52.3 Å². The molecule has 0 unspecified atom stereocenters. The van der Waals surface area contributed by atoms with Crippen LogP contribution in [0, 0.1) is 10.1 Å². The molecule has 3 aromatic rings. The molecule has 1 aromatic heterocycles. The number of nitrogens with zero attached hydrogens (tertiary/aromatic N) is 3. The molecule has 35 heavy (non-hydrogen) atoms. The summed E-state index contributed by atoms with van der Waals surface area (Å²) in [5, 5.41) is 12.2. The number of halogens is 2. The predicted molar refractivity (Wildman–Crippen MR) is 126 cm³/mol. The van der Waals surface area contributed by atoms with Crippen LogP contribution in [-0.2, 0) is 9.59 Å². The fraction of sp³-hybridized carbons (Fsp3) is 0.100. The normalized spacial score (nSPS) is 10.1. The average molecular weight is 522 g/mol. The maximum Gasteiger partial charge on any atom is 0.356 e. The van der Waals surface area contributed by atoms with Crippen molar-refractivity contribution in [1.82, 2.24) is 20.8 Å². The van der Waals surface area contributed by atoms with Gasteiger partial charge in [0.05, 0.1) is 9.95 Å². The highest BCUT2D eigenvalue weighted by molar-refractivity contribution is 6.35. The number of benzene rings is 2. The molecule has 2 aromatic carbocycles. The lowest BCUT2D eigenvalue weighted by Crippen LogP contribution is -2.35. The van der Waals surface area contributed by atoms with Crippen LogP contribution in [0.2, 0.25) is 10.0 Å². The van der Waals surface area contributed by atoms with Gasteiger partial charge in [-0.05, 0) is 30.3 Å². The number of ether oxygens (including phenoxy) is 2. The number of hydrogen-bond donors (Lipinski definition) is 4. The summed E-state index contributed by atoms with van der Waals surface area (Å²) in [6.07, 6.45) is 0.987. The van der Waals surface area contributed by atoms with Crippen molar-refractivity contribution in [1.29, 1.82) is 0 Å². The van der Waals surface area contributed by atoms with Crippen molar-refractivity contribution in [2.24, 2.45) is 0 Å². The maximum absolute atomic E-state index is 12.1. The molecular weight excluding hydrogens is 505 g/mol. The second kappa shape index (κ2) is 12.2. The monoisotopic (exact) mass is 521 g/mol. The van der Waals surface area contributed by atoms with Gasteiger partial charge in [0.1, 0.15) is 17.8 Å². The van der Waals surface area contributed by atoms with E-state index in [9.17, 15) is 19.7 Å². The van der Waals surface area contributed by atoms with Gasteiger partial charge in [-0.3, -0.25) is 41.4 Å². The summed E-state index contributed by atoms with van der Waals surface area (Å²) in [5.41, 5.74) is 8.48. The number of hydrogen-bond acceptors (Lipinski definition) is 10. The number of anilines is 2. The lowest BCUT2D eigenvalue weighted by molar-refractivity contribution is -0.383. The first kappa shape index (κ1) is 25.3. The van der Waals surface area contributed by atoms with Crippen LogP contribution < -0.4 is 31.2 Å². The summed E-state index contributed by atoms with van der Waals surface area (Å²) in [6, 6.07) is 13.1. The van der Waals surface area contributed by atoms with Gasteiger partial charge >= 0.3 is 5.69 Å². The summed E-state index contributed by atoms with van der Waals surface area (Å²) < 4.78 is 10.6. The molecule has 0 saturated carbocycles. The molecule has 0 fully saturated rings. The minimum Gasteiger partial charge on any atom is -0.484 e. The molecule has 1 heterocycles. The first-order valence-corrected chi connectivity index (χ1v) is 10.4. The Bertz CT molecular complexity index is 1220. The van der Waals surface area contributed by atoms with Crippen molar-refractivity contribution in [3.63, 3.8) is 0 Å². The fourth-order valence-electron chi connectivity index (χ4n) is 2.47. The smallest absolute Gasteiger partial charge is 0.356 e. The molecule has 4 N–H and O–H groups in total. The quantitative estimate of drug-likeness (QED) is 0.217. The maximum atomic E-state index is 12.1. The largest absolute Gasteiger partial charge is 0.484 e. The Morgan fingerprint density at radius 2 is 1.51 bits per heavy atom. The van der Waals surface area contributed by atoms with Crippen molar-refractivity contribution < 1.29 is 24.0 Å². The summed E-state index contributed by atoms with van der Waals surface area (Å²) in [7, 11) is 0. The van der Waals surface area contributed by atoms with Crippen LogP contribution in [0.5, 0.6) is 11.5 Å². The van der Waals surface area contributed by atoms with E-state index >= 15 is 0 Å².